The quantitative estimate of drug-likeness (QED) is 0.395. The molecule has 0 aliphatic rings. The van der Waals surface area contributed by atoms with Crippen LogP contribution in [0.2, 0.25) is 0 Å². The summed E-state index contributed by atoms with van der Waals surface area (Å²) in [6.45, 7) is 8.08. The van der Waals surface area contributed by atoms with Crippen LogP contribution in [-0.2, 0) is 25.7 Å². The molecule has 0 radical (unpaired) electrons. The Labute approximate surface area is 101 Å². The molecule has 1 atom stereocenters. The number of hydrogen-bond acceptors (Lipinski definition) is 6. The second-order valence-electron chi connectivity index (χ2n) is 2.52. The van der Waals surface area contributed by atoms with Crippen LogP contribution in [0.3, 0.4) is 0 Å². The topological polar surface area (TPSA) is 39.7 Å². The van der Waals surface area contributed by atoms with Crippen molar-refractivity contribution in [2.24, 2.45) is 0 Å². The van der Waals surface area contributed by atoms with Crippen LogP contribution >= 0.6 is 17.1 Å². The van der Waals surface area contributed by atoms with Crippen molar-refractivity contribution < 1.29 is 13.9 Å². The van der Waals surface area contributed by atoms with E-state index in [4.69, 9.17) is 25.7 Å². The fourth-order valence-electron chi connectivity index (χ4n) is 0.600. The Morgan fingerprint density at radius 3 is 2.67 bits per heavy atom. The number of methoxy groups -OCH3 is 1. The molecule has 1 unspecified atom stereocenters. The second kappa shape index (κ2) is 8.42. The van der Waals surface area contributed by atoms with Crippen molar-refractivity contribution in [1.82, 2.24) is 5.48 Å². The summed E-state index contributed by atoms with van der Waals surface area (Å²) in [5.41, 5.74) is 0.244. The van der Waals surface area contributed by atoms with Gasteiger partial charge >= 0.3 is 0 Å². The van der Waals surface area contributed by atoms with Crippen LogP contribution in [0, 0.1) is 0 Å². The minimum Gasteiger partial charge on any atom is -0.482 e. The van der Waals surface area contributed by atoms with E-state index in [2.05, 4.69) is 19.0 Å². The van der Waals surface area contributed by atoms with Crippen LogP contribution in [0.1, 0.15) is 20.3 Å². The lowest BCUT2D eigenvalue weighted by Crippen LogP contribution is -2.13. The highest BCUT2D eigenvalue weighted by atomic mass is 32.9. The van der Waals surface area contributed by atoms with Crippen LogP contribution in [0.25, 0.3) is 0 Å². The van der Waals surface area contributed by atoms with Gasteiger partial charge in [-0.15, -0.1) is 0 Å². The Hall–Kier alpha value is 0.260. The van der Waals surface area contributed by atoms with E-state index in [0.29, 0.717) is 12.5 Å². The van der Waals surface area contributed by atoms with E-state index in [0.717, 1.165) is 12.2 Å². The van der Waals surface area contributed by atoms with Gasteiger partial charge < -0.3 is 9.26 Å². The van der Waals surface area contributed by atoms with Crippen molar-refractivity contribution in [1.29, 1.82) is 0 Å². The maximum Gasteiger partial charge on any atom is 0.270 e. The first kappa shape index (κ1) is 15.3. The smallest absolute Gasteiger partial charge is 0.270 e. The Balaban J connectivity index is 4.12. The van der Waals surface area contributed by atoms with Gasteiger partial charge in [-0.3, -0.25) is 0 Å². The molecule has 0 bridgehead atoms. The monoisotopic (exact) mass is 271 g/mol. The van der Waals surface area contributed by atoms with Crippen LogP contribution in [0.4, 0.5) is 0 Å². The molecule has 0 spiro atoms. The molecule has 1 N–H and O–H groups in total. The molecule has 90 valence electrons. The van der Waals surface area contributed by atoms with E-state index in [1.54, 1.807) is 0 Å². The Morgan fingerprint density at radius 2 is 2.20 bits per heavy atom. The number of rotatable bonds is 9. The predicted molar refractivity (Wildman–Crippen MR) is 69.0 cm³/mol. The zero-order valence-corrected chi connectivity index (χ0v) is 11.8. The molecule has 7 heteroatoms. The molecule has 0 aromatic heterocycles. The van der Waals surface area contributed by atoms with Crippen LogP contribution in [0.15, 0.2) is 12.5 Å². The number of hydrogen-bond donors (Lipinski definition) is 1. The molecular weight excluding hydrogens is 253 g/mol. The standard InChI is InChI=1S/C8H18NO3PS2/c1-5-7-15-13(14,11-6-2)12-9-8(3)10-4/h9H,3,5-7H2,1-2,4H3. The summed E-state index contributed by atoms with van der Waals surface area (Å²) < 4.78 is 15.6. The summed E-state index contributed by atoms with van der Waals surface area (Å²) in [5, 5.41) is 0. The van der Waals surface area contributed by atoms with Gasteiger partial charge in [0.25, 0.3) is 5.69 Å². The van der Waals surface area contributed by atoms with E-state index < -0.39 is 5.69 Å². The highest BCUT2D eigenvalue weighted by molar-refractivity contribution is 8.67. The van der Waals surface area contributed by atoms with Crippen LogP contribution in [-0.4, -0.2) is 19.5 Å². The molecule has 0 aliphatic heterocycles. The lowest BCUT2D eigenvalue weighted by Gasteiger charge is -2.20. The van der Waals surface area contributed by atoms with Gasteiger partial charge in [0.1, 0.15) is 0 Å². The highest BCUT2D eigenvalue weighted by Crippen LogP contribution is 2.60. The first-order valence-corrected chi connectivity index (χ1v) is 8.87. The Kier molecular flexibility index (Phi) is 8.56. The van der Waals surface area contributed by atoms with Gasteiger partial charge in [0.15, 0.2) is 0 Å². The molecule has 0 fully saturated rings. The number of ether oxygens (including phenoxy) is 1. The molecule has 15 heavy (non-hydrogen) atoms. The maximum absolute atomic E-state index is 5.43. The van der Waals surface area contributed by atoms with Crippen molar-refractivity contribution in [2.45, 2.75) is 20.3 Å². The lowest BCUT2D eigenvalue weighted by molar-refractivity contribution is 0.133. The summed E-state index contributed by atoms with van der Waals surface area (Å²) in [6, 6.07) is 0. The summed E-state index contributed by atoms with van der Waals surface area (Å²) in [6.07, 6.45) is 1.03. The third-order valence-corrected chi connectivity index (χ3v) is 6.58. The summed E-state index contributed by atoms with van der Waals surface area (Å²) in [4.78, 5) is 0. The molecule has 0 saturated heterocycles. The van der Waals surface area contributed by atoms with E-state index in [1.807, 2.05) is 6.92 Å². The zero-order valence-electron chi connectivity index (χ0n) is 9.32. The van der Waals surface area contributed by atoms with Gasteiger partial charge in [-0.2, -0.15) is 0 Å². The third kappa shape index (κ3) is 7.19. The second-order valence-corrected chi connectivity index (χ2v) is 8.87. The van der Waals surface area contributed by atoms with Gasteiger partial charge in [0.2, 0.25) is 5.88 Å². The van der Waals surface area contributed by atoms with Crippen LogP contribution in [0.5, 0.6) is 0 Å². The summed E-state index contributed by atoms with van der Waals surface area (Å²) in [5.74, 6) is 1.24. The molecule has 0 rings (SSSR count). The SMILES string of the molecule is C=C(NOP(=S)(OCC)SCCC)OC. The largest absolute Gasteiger partial charge is 0.482 e. The molecule has 0 saturated carbocycles. The van der Waals surface area contributed by atoms with Gasteiger partial charge in [-0.05, 0) is 31.7 Å². The zero-order chi connectivity index (χ0) is 11.7. The molecule has 0 aromatic carbocycles. The molecule has 0 aliphatic carbocycles. The van der Waals surface area contributed by atoms with E-state index in [9.17, 15) is 0 Å². The fourth-order valence-corrected chi connectivity index (χ4v) is 4.84. The van der Waals surface area contributed by atoms with Gasteiger partial charge in [0, 0.05) is 5.75 Å². The molecular formula is C8H18NO3PS2. The van der Waals surface area contributed by atoms with Crippen molar-refractivity contribution in [3.8, 4) is 0 Å². The minimum absolute atomic E-state index is 0.320. The minimum atomic E-state index is -2.30. The van der Waals surface area contributed by atoms with Crippen molar-refractivity contribution >= 4 is 28.9 Å². The molecule has 4 nitrogen and oxygen atoms in total. The van der Waals surface area contributed by atoms with E-state index >= 15 is 0 Å². The van der Waals surface area contributed by atoms with Crippen LogP contribution < -0.4 is 5.48 Å². The summed E-state index contributed by atoms with van der Waals surface area (Å²) >= 11 is 6.83. The number of nitrogens with one attached hydrogen (secondary N) is 1. The molecule has 0 heterocycles. The first-order valence-electron chi connectivity index (χ1n) is 4.64. The van der Waals surface area contributed by atoms with Gasteiger partial charge in [0.05, 0.1) is 13.7 Å². The highest BCUT2D eigenvalue weighted by Gasteiger charge is 2.19. The first-order chi connectivity index (χ1) is 7.08. The third-order valence-electron chi connectivity index (χ3n) is 1.26. The summed E-state index contributed by atoms with van der Waals surface area (Å²) in [7, 11) is 1.50. The average Bonchev–Trinajstić information content (AvgIpc) is 2.24. The fraction of sp³-hybridized carbons (Fsp3) is 0.750. The predicted octanol–water partition coefficient (Wildman–Crippen LogP) is 3.03. The molecule has 0 aromatic rings. The van der Waals surface area contributed by atoms with E-state index in [1.165, 1.54) is 18.5 Å². The van der Waals surface area contributed by atoms with E-state index in [-0.39, 0.29) is 0 Å². The van der Waals surface area contributed by atoms with Crippen molar-refractivity contribution in [3.05, 3.63) is 12.5 Å². The molecule has 0 amide bonds. The lowest BCUT2D eigenvalue weighted by atomic mass is 10.6. The maximum atomic E-state index is 5.43. The normalized spacial score (nSPS) is 14.3. The van der Waals surface area contributed by atoms with Gasteiger partial charge in [-0.1, -0.05) is 18.3 Å². The van der Waals surface area contributed by atoms with Gasteiger partial charge in [-0.25, -0.2) is 10.1 Å². The van der Waals surface area contributed by atoms with Crippen molar-refractivity contribution in [2.75, 3.05) is 19.5 Å². The Bertz CT molecular complexity index is 238. The Morgan fingerprint density at radius 1 is 1.53 bits per heavy atom. The van der Waals surface area contributed by atoms with Crippen molar-refractivity contribution in [3.63, 3.8) is 0 Å². The average molecular weight is 271 g/mol. The number of hydroxylamine groups is 1.